The summed E-state index contributed by atoms with van der Waals surface area (Å²) < 4.78 is 7.53. The Kier molecular flexibility index (Phi) is 6.80. The normalized spacial score (nSPS) is 14.5. The quantitative estimate of drug-likeness (QED) is 0.447. The van der Waals surface area contributed by atoms with E-state index in [9.17, 15) is 24.6 Å². The number of aromatic nitrogens is 1. The predicted octanol–water partition coefficient (Wildman–Crippen LogP) is 4.47. The minimum Gasteiger partial charge on any atom is -0.494 e. The molecule has 0 bridgehead atoms. The summed E-state index contributed by atoms with van der Waals surface area (Å²) in [7, 11) is 3.84. The zero-order valence-electron chi connectivity index (χ0n) is 21.1. The van der Waals surface area contributed by atoms with Crippen molar-refractivity contribution >= 4 is 34.4 Å². The second kappa shape index (κ2) is 9.68. The number of carbonyl (C=O) groups excluding carboxylic acids is 1. The number of benzene rings is 2. The van der Waals surface area contributed by atoms with Gasteiger partial charge in [-0.3, -0.25) is 19.0 Å². The van der Waals surface area contributed by atoms with Crippen molar-refractivity contribution in [1.29, 1.82) is 0 Å². The molecule has 2 aromatic carbocycles. The maximum Gasteiger partial charge on any atom is 0.321 e. The van der Waals surface area contributed by atoms with Gasteiger partial charge >= 0.3 is 11.9 Å². The molecular formula is C28H32N2O6. The largest absolute Gasteiger partial charge is 0.494 e. The zero-order chi connectivity index (χ0) is 26.2. The molecule has 1 aliphatic rings. The lowest BCUT2D eigenvalue weighted by atomic mass is 9.72. The first-order chi connectivity index (χ1) is 17.0. The van der Waals surface area contributed by atoms with Crippen molar-refractivity contribution in [3.8, 4) is 5.75 Å². The molecule has 8 heteroatoms. The summed E-state index contributed by atoms with van der Waals surface area (Å²) in [6, 6.07) is 12.7. The Hall–Kier alpha value is -3.81. The van der Waals surface area contributed by atoms with Crippen LogP contribution in [0.25, 0.3) is 10.9 Å². The van der Waals surface area contributed by atoms with E-state index in [1.165, 1.54) is 0 Å². The summed E-state index contributed by atoms with van der Waals surface area (Å²) in [4.78, 5) is 39.9. The topological polar surface area (TPSA) is 109 Å². The summed E-state index contributed by atoms with van der Waals surface area (Å²) in [6.07, 6.45) is 0.748. The molecule has 0 saturated carbocycles. The first-order valence-corrected chi connectivity index (χ1v) is 12.1. The first-order valence-electron chi connectivity index (χ1n) is 12.1. The molecule has 1 aliphatic carbocycles. The molecule has 0 fully saturated rings. The standard InChI is InChI=1S/C28H32N2O6/c1-17(2)12-14-36-20-9-10-23-21(15-20)22-16-28(26(32)33,27(34)35)13-11-24(22)30(23)25(31)18-5-7-19(8-6-18)29(3)4/h5-10,15,17H,11-14,16H2,1-4H3,(H,32,33)(H,34,35). The summed E-state index contributed by atoms with van der Waals surface area (Å²) in [5, 5.41) is 20.4. The zero-order valence-corrected chi connectivity index (χ0v) is 21.1. The molecule has 0 aliphatic heterocycles. The van der Waals surface area contributed by atoms with E-state index in [0.717, 1.165) is 12.1 Å². The molecule has 0 saturated heterocycles. The molecule has 0 atom stereocenters. The first kappa shape index (κ1) is 25.3. The van der Waals surface area contributed by atoms with E-state index in [-0.39, 0.29) is 25.2 Å². The summed E-state index contributed by atoms with van der Waals surface area (Å²) in [5.74, 6) is -1.88. The summed E-state index contributed by atoms with van der Waals surface area (Å²) in [5.41, 5.74) is 1.37. The molecule has 1 aromatic heterocycles. The van der Waals surface area contributed by atoms with Crippen LogP contribution in [0.2, 0.25) is 0 Å². The lowest BCUT2D eigenvalue weighted by Crippen LogP contribution is -2.44. The van der Waals surface area contributed by atoms with Gasteiger partial charge in [0.25, 0.3) is 5.91 Å². The Bertz CT molecular complexity index is 1310. The van der Waals surface area contributed by atoms with E-state index < -0.39 is 17.4 Å². The van der Waals surface area contributed by atoms with Crippen molar-refractivity contribution in [2.45, 2.75) is 39.5 Å². The lowest BCUT2D eigenvalue weighted by molar-refractivity contribution is -0.165. The van der Waals surface area contributed by atoms with E-state index in [1.807, 2.05) is 31.1 Å². The molecule has 4 rings (SSSR count). The van der Waals surface area contributed by atoms with Crippen LogP contribution in [-0.2, 0) is 22.4 Å². The fraction of sp³-hybridized carbons (Fsp3) is 0.393. The maximum atomic E-state index is 13.7. The summed E-state index contributed by atoms with van der Waals surface area (Å²) >= 11 is 0. The molecule has 0 radical (unpaired) electrons. The Morgan fingerprint density at radius 1 is 1.06 bits per heavy atom. The van der Waals surface area contributed by atoms with Crippen molar-refractivity contribution < 1.29 is 29.3 Å². The Morgan fingerprint density at radius 2 is 1.72 bits per heavy atom. The van der Waals surface area contributed by atoms with Crippen LogP contribution < -0.4 is 9.64 Å². The van der Waals surface area contributed by atoms with Crippen molar-refractivity contribution in [2.75, 3.05) is 25.6 Å². The van der Waals surface area contributed by atoms with Gasteiger partial charge in [0.05, 0.1) is 12.1 Å². The fourth-order valence-corrected chi connectivity index (χ4v) is 4.79. The molecule has 36 heavy (non-hydrogen) atoms. The maximum absolute atomic E-state index is 13.7. The number of hydrogen-bond acceptors (Lipinski definition) is 5. The third-order valence-electron chi connectivity index (χ3n) is 7.04. The summed E-state index contributed by atoms with van der Waals surface area (Å²) in [6.45, 7) is 4.74. The number of rotatable bonds is 8. The van der Waals surface area contributed by atoms with E-state index in [1.54, 1.807) is 34.9 Å². The molecule has 8 nitrogen and oxygen atoms in total. The SMILES string of the molecule is CC(C)CCOc1ccc2c(c1)c1c(n2C(=O)c2ccc(N(C)C)cc2)CCC(C(=O)O)(C(=O)O)C1. The van der Waals surface area contributed by atoms with E-state index >= 15 is 0 Å². The van der Waals surface area contributed by atoms with Crippen LogP contribution in [-0.4, -0.2) is 53.3 Å². The smallest absolute Gasteiger partial charge is 0.321 e. The third-order valence-corrected chi connectivity index (χ3v) is 7.04. The number of carboxylic acid groups (broad SMARTS) is 2. The van der Waals surface area contributed by atoms with Gasteiger partial charge in [-0.2, -0.15) is 0 Å². The average molecular weight is 493 g/mol. The van der Waals surface area contributed by atoms with Crippen LogP contribution in [0, 0.1) is 11.3 Å². The Morgan fingerprint density at radius 3 is 2.31 bits per heavy atom. The minimum atomic E-state index is -1.93. The number of anilines is 1. The number of hydrogen-bond donors (Lipinski definition) is 2. The Labute approximate surface area is 210 Å². The molecule has 0 spiro atoms. The van der Waals surface area contributed by atoms with E-state index in [0.29, 0.717) is 46.0 Å². The second-order valence-electron chi connectivity index (χ2n) is 10.1. The van der Waals surface area contributed by atoms with Crippen LogP contribution in [0.5, 0.6) is 5.75 Å². The van der Waals surface area contributed by atoms with Gasteiger partial charge < -0.3 is 19.8 Å². The van der Waals surface area contributed by atoms with Gasteiger partial charge in [0.1, 0.15) is 5.75 Å². The number of nitrogens with zero attached hydrogens (tertiary/aromatic N) is 2. The van der Waals surface area contributed by atoms with Crippen LogP contribution in [0.1, 0.15) is 48.3 Å². The third kappa shape index (κ3) is 4.43. The molecule has 190 valence electrons. The van der Waals surface area contributed by atoms with Crippen LogP contribution >= 0.6 is 0 Å². The molecule has 3 aromatic rings. The van der Waals surface area contributed by atoms with E-state index in [4.69, 9.17) is 4.74 Å². The van der Waals surface area contributed by atoms with E-state index in [2.05, 4.69) is 13.8 Å². The van der Waals surface area contributed by atoms with Gasteiger partial charge in [0, 0.05) is 42.8 Å². The van der Waals surface area contributed by atoms with Crippen LogP contribution in [0.15, 0.2) is 42.5 Å². The van der Waals surface area contributed by atoms with Crippen molar-refractivity contribution in [3.05, 3.63) is 59.3 Å². The number of carbonyl (C=O) groups is 3. The number of carboxylic acids is 2. The van der Waals surface area contributed by atoms with Crippen LogP contribution in [0.3, 0.4) is 0 Å². The highest BCUT2D eigenvalue weighted by Crippen LogP contribution is 2.42. The Balaban J connectivity index is 1.84. The molecule has 0 unspecified atom stereocenters. The molecule has 1 heterocycles. The molecule has 2 N–H and O–H groups in total. The lowest BCUT2D eigenvalue weighted by Gasteiger charge is -2.29. The molecule has 0 amide bonds. The highest BCUT2D eigenvalue weighted by atomic mass is 16.5. The fourth-order valence-electron chi connectivity index (χ4n) is 4.79. The van der Waals surface area contributed by atoms with Crippen molar-refractivity contribution in [1.82, 2.24) is 4.57 Å². The number of ether oxygens (including phenoxy) is 1. The van der Waals surface area contributed by atoms with Gasteiger partial charge in [-0.15, -0.1) is 0 Å². The minimum absolute atomic E-state index is 0.0917. The highest BCUT2D eigenvalue weighted by Gasteiger charge is 2.50. The van der Waals surface area contributed by atoms with Gasteiger partial charge in [-0.1, -0.05) is 13.8 Å². The van der Waals surface area contributed by atoms with Crippen LogP contribution in [0.4, 0.5) is 5.69 Å². The van der Waals surface area contributed by atoms with Gasteiger partial charge in [-0.05, 0) is 73.2 Å². The van der Waals surface area contributed by atoms with Crippen molar-refractivity contribution in [2.24, 2.45) is 11.3 Å². The predicted molar refractivity (Wildman–Crippen MR) is 137 cm³/mol. The van der Waals surface area contributed by atoms with Crippen molar-refractivity contribution in [3.63, 3.8) is 0 Å². The van der Waals surface area contributed by atoms with Gasteiger partial charge in [0.15, 0.2) is 5.41 Å². The number of aliphatic carboxylic acids is 2. The molecular weight excluding hydrogens is 460 g/mol. The van der Waals surface area contributed by atoms with Gasteiger partial charge in [0.2, 0.25) is 0 Å². The second-order valence-corrected chi connectivity index (χ2v) is 10.1. The average Bonchev–Trinajstić information content (AvgIpc) is 3.15. The van der Waals surface area contributed by atoms with Gasteiger partial charge in [-0.25, -0.2) is 0 Å². The highest BCUT2D eigenvalue weighted by molar-refractivity contribution is 6.06. The monoisotopic (exact) mass is 492 g/mol. The number of fused-ring (bicyclic) bond motifs is 3.